The van der Waals surface area contributed by atoms with Crippen LogP contribution in [0.5, 0.6) is 0 Å². The van der Waals surface area contributed by atoms with Gasteiger partial charge in [-0.25, -0.2) is 0 Å². The smallest absolute Gasteiger partial charge is 0.370 e. The van der Waals surface area contributed by atoms with Gasteiger partial charge in [0, 0.05) is 25.5 Å². The Bertz CT molecular complexity index is 361. The molecular weight excluding hydrogens is 257 g/mol. The Morgan fingerprint density at radius 2 is 2.11 bits per heavy atom. The molecule has 3 nitrogen and oxygen atoms in total. The van der Waals surface area contributed by atoms with Crippen molar-refractivity contribution >= 4 is 0 Å². The lowest BCUT2D eigenvalue weighted by Gasteiger charge is -2.08. The first-order valence-electron chi connectivity index (χ1n) is 6.36. The predicted octanol–water partition coefficient (Wildman–Crippen LogP) is 2.81. The molecule has 1 N–H and O–H groups in total. The zero-order valence-electron chi connectivity index (χ0n) is 11.3. The van der Waals surface area contributed by atoms with Crippen LogP contribution in [0.3, 0.4) is 0 Å². The SMILES string of the molecule is CC(C)CNCc1ccn(CCOCC(F)(F)F)c1. The normalized spacial score (nSPS) is 12.3. The highest BCUT2D eigenvalue weighted by atomic mass is 19.4. The highest BCUT2D eigenvalue weighted by Crippen LogP contribution is 2.14. The zero-order valence-corrected chi connectivity index (χ0v) is 11.3. The summed E-state index contributed by atoms with van der Waals surface area (Å²) >= 11 is 0. The lowest BCUT2D eigenvalue weighted by Crippen LogP contribution is -2.19. The van der Waals surface area contributed by atoms with Crippen molar-refractivity contribution in [3.63, 3.8) is 0 Å². The molecule has 0 fully saturated rings. The highest BCUT2D eigenvalue weighted by molar-refractivity contribution is 5.09. The van der Waals surface area contributed by atoms with E-state index in [-0.39, 0.29) is 6.61 Å². The fourth-order valence-electron chi connectivity index (χ4n) is 1.60. The number of nitrogens with zero attached hydrogens (tertiary/aromatic N) is 1. The van der Waals surface area contributed by atoms with Crippen LogP contribution in [0.2, 0.25) is 0 Å². The minimum Gasteiger partial charge on any atom is -0.370 e. The van der Waals surface area contributed by atoms with E-state index in [2.05, 4.69) is 23.9 Å². The van der Waals surface area contributed by atoms with Gasteiger partial charge in [0.2, 0.25) is 0 Å². The van der Waals surface area contributed by atoms with Gasteiger partial charge in [-0.1, -0.05) is 13.8 Å². The molecule has 0 saturated heterocycles. The summed E-state index contributed by atoms with van der Waals surface area (Å²) in [4.78, 5) is 0. The van der Waals surface area contributed by atoms with Crippen molar-refractivity contribution in [3.8, 4) is 0 Å². The average molecular weight is 278 g/mol. The zero-order chi connectivity index (χ0) is 14.3. The van der Waals surface area contributed by atoms with Gasteiger partial charge in [0.1, 0.15) is 6.61 Å². The van der Waals surface area contributed by atoms with Crippen LogP contribution < -0.4 is 5.32 Å². The fraction of sp³-hybridized carbons (Fsp3) is 0.692. The Labute approximate surface area is 111 Å². The second-order valence-electron chi connectivity index (χ2n) is 4.95. The fourth-order valence-corrected chi connectivity index (χ4v) is 1.60. The maximum atomic E-state index is 11.9. The van der Waals surface area contributed by atoms with Crippen molar-refractivity contribution in [2.45, 2.75) is 33.1 Å². The van der Waals surface area contributed by atoms with E-state index in [9.17, 15) is 13.2 Å². The monoisotopic (exact) mass is 278 g/mol. The molecule has 19 heavy (non-hydrogen) atoms. The molecule has 0 aliphatic heterocycles. The highest BCUT2D eigenvalue weighted by Gasteiger charge is 2.27. The van der Waals surface area contributed by atoms with E-state index in [4.69, 9.17) is 0 Å². The molecule has 0 aromatic carbocycles. The van der Waals surface area contributed by atoms with Crippen LogP contribution in [0.4, 0.5) is 13.2 Å². The molecule has 1 heterocycles. The summed E-state index contributed by atoms with van der Waals surface area (Å²) in [6.45, 7) is 5.30. The molecule has 0 aliphatic rings. The summed E-state index contributed by atoms with van der Waals surface area (Å²) in [7, 11) is 0. The molecule has 1 rings (SSSR count). The summed E-state index contributed by atoms with van der Waals surface area (Å²) in [6.07, 6.45) is -0.476. The van der Waals surface area contributed by atoms with Crippen LogP contribution in [0.25, 0.3) is 0 Å². The predicted molar refractivity (Wildman–Crippen MR) is 67.9 cm³/mol. The number of hydrogen-bond acceptors (Lipinski definition) is 2. The Balaban J connectivity index is 2.19. The molecule has 0 amide bonds. The number of ether oxygens (including phenoxy) is 1. The molecular formula is C13H21F3N2O. The van der Waals surface area contributed by atoms with E-state index in [1.807, 2.05) is 23.0 Å². The summed E-state index contributed by atoms with van der Waals surface area (Å²) in [5.41, 5.74) is 1.12. The molecule has 0 atom stereocenters. The molecule has 0 unspecified atom stereocenters. The van der Waals surface area contributed by atoms with E-state index in [0.29, 0.717) is 12.5 Å². The quantitative estimate of drug-likeness (QED) is 0.740. The maximum Gasteiger partial charge on any atom is 0.411 e. The summed E-state index contributed by atoms with van der Waals surface area (Å²) < 4.78 is 41.9. The van der Waals surface area contributed by atoms with E-state index in [1.54, 1.807) is 0 Å². The van der Waals surface area contributed by atoms with Gasteiger partial charge < -0.3 is 14.6 Å². The lowest BCUT2D eigenvalue weighted by atomic mass is 10.2. The van der Waals surface area contributed by atoms with Gasteiger partial charge in [-0.15, -0.1) is 0 Å². The third kappa shape index (κ3) is 7.89. The van der Waals surface area contributed by atoms with E-state index < -0.39 is 12.8 Å². The van der Waals surface area contributed by atoms with Crippen LogP contribution in [-0.2, 0) is 17.8 Å². The van der Waals surface area contributed by atoms with Gasteiger partial charge in [-0.3, -0.25) is 0 Å². The van der Waals surface area contributed by atoms with Gasteiger partial charge >= 0.3 is 6.18 Å². The molecule has 110 valence electrons. The number of hydrogen-bond donors (Lipinski definition) is 1. The number of halogens is 3. The van der Waals surface area contributed by atoms with Crippen LogP contribution >= 0.6 is 0 Å². The van der Waals surface area contributed by atoms with Crippen LogP contribution in [0.1, 0.15) is 19.4 Å². The lowest BCUT2D eigenvalue weighted by molar-refractivity contribution is -0.174. The van der Waals surface area contributed by atoms with Crippen molar-refractivity contribution in [2.75, 3.05) is 19.8 Å². The maximum absolute atomic E-state index is 11.9. The molecule has 0 radical (unpaired) electrons. The molecule has 1 aromatic rings. The van der Waals surface area contributed by atoms with Crippen LogP contribution in [-0.4, -0.2) is 30.5 Å². The van der Waals surface area contributed by atoms with E-state index >= 15 is 0 Å². The number of alkyl halides is 3. The summed E-state index contributed by atoms with van der Waals surface area (Å²) in [5, 5.41) is 3.31. The molecule has 1 aromatic heterocycles. The third-order valence-electron chi connectivity index (χ3n) is 2.45. The minimum atomic E-state index is -4.25. The van der Waals surface area contributed by atoms with Gasteiger partial charge in [-0.05, 0) is 24.1 Å². The first kappa shape index (κ1) is 16.0. The standard InChI is InChI=1S/C13H21F3N2O/c1-11(2)7-17-8-12-3-4-18(9-12)5-6-19-10-13(14,15)16/h3-4,9,11,17H,5-8,10H2,1-2H3. The van der Waals surface area contributed by atoms with Gasteiger partial charge in [0.05, 0.1) is 6.61 Å². The number of rotatable bonds is 8. The average Bonchev–Trinajstić information content (AvgIpc) is 2.71. The third-order valence-corrected chi connectivity index (χ3v) is 2.45. The topological polar surface area (TPSA) is 26.2 Å². The molecule has 0 bridgehead atoms. The largest absolute Gasteiger partial charge is 0.411 e. The van der Waals surface area contributed by atoms with Crippen molar-refractivity contribution in [1.82, 2.24) is 9.88 Å². The Morgan fingerprint density at radius 1 is 1.37 bits per heavy atom. The molecule has 0 saturated carbocycles. The number of nitrogens with one attached hydrogen (secondary N) is 1. The number of aromatic nitrogens is 1. The Kier molecular flexibility index (Phi) is 6.37. The first-order valence-corrected chi connectivity index (χ1v) is 6.36. The molecule has 0 spiro atoms. The summed E-state index contributed by atoms with van der Waals surface area (Å²) in [6, 6.07) is 1.96. The van der Waals surface area contributed by atoms with Gasteiger partial charge in [-0.2, -0.15) is 13.2 Å². The second-order valence-corrected chi connectivity index (χ2v) is 4.95. The van der Waals surface area contributed by atoms with Crippen molar-refractivity contribution < 1.29 is 17.9 Å². The Morgan fingerprint density at radius 3 is 2.74 bits per heavy atom. The van der Waals surface area contributed by atoms with Crippen molar-refractivity contribution in [2.24, 2.45) is 5.92 Å². The minimum absolute atomic E-state index is 0.0626. The first-order chi connectivity index (χ1) is 8.87. The Hall–Kier alpha value is -1.01. The van der Waals surface area contributed by atoms with Gasteiger partial charge in [0.15, 0.2) is 0 Å². The van der Waals surface area contributed by atoms with Crippen LogP contribution in [0, 0.1) is 5.92 Å². The molecule has 0 aliphatic carbocycles. The van der Waals surface area contributed by atoms with Crippen molar-refractivity contribution in [3.05, 3.63) is 24.0 Å². The molecule has 6 heteroatoms. The van der Waals surface area contributed by atoms with Crippen molar-refractivity contribution in [1.29, 1.82) is 0 Å². The second kappa shape index (κ2) is 7.55. The summed E-state index contributed by atoms with van der Waals surface area (Å²) in [5.74, 6) is 0.595. The van der Waals surface area contributed by atoms with Gasteiger partial charge in [0.25, 0.3) is 0 Å². The van der Waals surface area contributed by atoms with Crippen LogP contribution in [0.15, 0.2) is 18.5 Å². The van der Waals surface area contributed by atoms with E-state index in [0.717, 1.165) is 18.7 Å². The van der Waals surface area contributed by atoms with E-state index in [1.165, 1.54) is 0 Å².